The minimum atomic E-state index is 0.154. The summed E-state index contributed by atoms with van der Waals surface area (Å²) in [6.45, 7) is 7.18. The summed E-state index contributed by atoms with van der Waals surface area (Å²) in [6.07, 6.45) is 2.59. The standard InChI is InChI=1S/C26H28N2/c1-4-20-25-27(19-13-7-6-8-14-19)23-17-11-12-18-24(23)28(25)22-16-10-9-15-21(22)26(20,3)5-2/h6-18,20,25H,4-5H2,1-3H3. The fourth-order valence-electron chi connectivity index (χ4n) is 5.59. The Balaban J connectivity index is 1.81. The van der Waals surface area contributed by atoms with Crippen molar-refractivity contribution in [2.24, 2.45) is 5.92 Å². The average molecular weight is 369 g/mol. The third kappa shape index (κ3) is 2.21. The number of hydrogen-bond donors (Lipinski definition) is 0. The van der Waals surface area contributed by atoms with Gasteiger partial charge < -0.3 is 9.80 Å². The number of benzene rings is 3. The summed E-state index contributed by atoms with van der Waals surface area (Å²) in [6, 6.07) is 28.8. The summed E-state index contributed by atoms with van der Waals surface area (Å²) in [4.78, 5) is 5.18. The second kappa shape index (κ2) is 6.41. The number of anilines is 4. The van der Waals surface area contributed by atoms with Gasteiger partial charge in [-0.15, -0.1) is 0 Å². The summed E-state index contributed by atoms with van der Waals surface area (Å²) in [7, 11) is 0. The molecule has 2 heterocycles. The van der Waals surface area contributed by atoms with Gasteiger partial charge in [0, 0.05) is 22.7 Å². The van der Waals surface area contributed by atoms with Crippen molar-refractivity contribution in [1.29, 1.82) is 0 Å². The Labute approximate surface area is 168 Å². The maximum atomic E-state index is 2.60. The largest absolute Gasteiger partial charge is 0.318 e. The van der Waals surface area contributed by atoms with Crippen LogP contribution in [0.3, 0.4) is 0 Å². The molecule has 2 heteroatoms. The molecule has 0 bridgehead atoms. The van der Waals surface area contributed by atoms with Crippen molar-refractivity contribution in [2.75, 3.05) is 9.80 Å². The van der Waals surface area contributed by atoms with E-state index >= 15 is 0 Å². The Morgan fingerprint density at radius 2 is 1.29 bits per heavy atom. The lowest BCUT2D eigenvalue weighted by atomic mass is 9.64. The van der Waals surface area contributed by atoms with E-state index in [0.717, 1.165) is 12.8 Å². The van der Waals surface area contributed by atoms with Crippen LogP contribution in [0.4, 0.5) is 22.7 Å². The smallest absolute Gasteiger partial charge is 0.115 e. The molecule has 5 rings (SSSR count). The van der Waals surface area contributed by atoms with Crippen LogP contribution in [-0.2, 0) is 5.41 Å². The molecular formula is C26H28N2. The van der Waals surface area contributed by atoms with Crippen LogP contribution >= 0.6 is 0 Å². The number of nitrogens with zero attached hydrogens (tertiary/aromatic N) is 2. The predicted molar refractivity (Wildman–Crippen MR) is 119 cm³/mol. The van der Waals surface area contributed by atoms with Crippen molar-refractivity contribution in [3.05, 3.63) is 84.4 Å². The maximum absolute atomic E-state index is 2.60. The molecule has 142 valence electrons. The van der Waals surface area contributed by atoms with Gasteiger partial charge in [-0.25, -0.2) is 0 Å². The topological polar surface area (TPSA) is 6.48 Å². The molecule has 0 amide bonds. The Morgan fingerprint density at radius 1 is 0.714 bits per heavy atom. The molecule has 0 spiro atoms. The third-order valence-electron chi connectivity index (χ3n) is 7.10. The molecule has 3 aromatic rings. The number of para-hydroxylation sites is 4. The van der Waals surface area contributed by atoms with Gasteiger partial charge in [0.1, 0.15) is 6.17 Å². The lowest BCUT2D eigenvalue weighted by Crippen LogP contribution is -2.55. The summed E-state index contributed by atoms with van der Waals surface area (Å²) in [5.41, 5.74) is 6.92. The van der Waals surface area contributed by atoms with Crippen molar-refractivity contribution in [1.82, 2.24) is 0 Å². The van der Waals surface area contributed by atoms with Gasteiger partial charge in [0.2, 0.25) is 0 Å². The normalized spacial score (nSPS) is 25.2. The second-order valence-corrected chi connectivity index (χ2v) is 8.28. The molecule has 2 aliphatic heterocycles. The summed E-state index contributed by atoms with van der Waals surface area (Å²) in [5, 5.41) is 0. The molecule has 0 saturated heterocycles. The van der Waals surface area contributed by atoms with Crippen molar-refractivity contribution in [3.63, 3.8) is 0 Å². The Morgan fingerprint density at radius 3 is 1.93 bits per heavy atom. The van der Waals surface area contributed by atoms with Gasteiger partial charge in [0.25, 0.3) is 0 Å². The van der Waals surface area contributed by atoms with E-state index in [1.54, 1.807) is 0 Å². The van der Waals surface area contributed by atoms with Crippen molar-refractivity contribution in [3.8, 4) is 0 Å². The SMILES string of the molecule is CCC1C2N(c3ccccc3)c3ccccc3N2c2ccccc2C1(C)CC. The first kappa shape index (κ1) is 17.4. The molecule has 0 aromatic heterocycles. The highest BCUT2D eigenvalue weighted by Crippen LogP contribution is 2.59. The van der Waals surface area contributed by atoms with E-state index in [4.69, 9.17) is 0 Å². The highest BCUT2D eigenvalue weighted by Gasteiger charge is 2.53. The van der Waals surface area contributed by atoms with Gasteiger partial charge in [-0.2, -0.15) is 0 Å². The van der Waals surface area contributed by atoms with Crippen LogP contribution in [0.25, 0.3) is 0 Å². The van der Waals surface area contributed by atoms with E-state index in [-0.39, 0.29) is 5.41 Å². The minimum Gasteiger partial charge on any atom is -0.318 e. The molecule has 3 aromatic carbocycles. The molecule has 3 atom stereocenters. The predicted octanol–water partition coefficient (Wildman–Crippen LogP) is 7.01. The van der Waals surface area contributed by atoms with Gasteiger partial charge in [-0.3, -0.25) is 0 Å². The summed E-state index contributed by atoms with van der Waals surface area (Å²) < 4.78 is 0. The Bertz CT molecular complexity index is 996. The Hall–Kier alpha value is -2.74. The molecule has 0 N–H and O–H groups in total. The number of fused-ring (bicyclic) bond motifs is 5. The van der Waals surface area contributed by atoms with E-state index in [9.17, 15) is 0 Å². The minimum absolute atomic E-state index is 0.154. The van der Waals surface area contributed by atoms with Crippen LogP contribution in [0.1, 0.15) is 39.2 Å². The molecule has 2 nitrogen and oxygen atoms in total. The summed E-state index contributed by atoms with van der Waals surface area (Å²) in [5.74, 6) is 0.528. The summed E-state index contributed by atoms with van der Waals surface area (Å²) >= 11 is 0. The molecule has 3 unspecified atom stereocenters. The first-order valence-corrected chi connectivity index (χ1v) is 10.5. The molecule has 0 saturated carbocycles. The molecular weight excluding hydrogens is 340 g/mol. The van der Waals surface area contributed by atoms with Crippen molar-refractivity contribution < 1.29 is 0 Å². The fraction of sp³-hybridized carbons (Fsp3) is 0.308. The van der Waals surface area contributed by atoms with Crippen molar-refractivity contribution >= 4 is 22.7 Å². The number of rotatable bonds is 3. The third-order valence-corrected chi connectivity index (χ3v) is 7.10. The second-order valence-electron chi connectivity index (χ2n) is 8.28. The van der Waals surface area contributed by atoms with Gasteiger partial charge in [0.15, 0.2) is 0 Å². The number of hydrogen-bond acceptors (Lipinski definition) is 2. The lowest BCUT2D eigenvalue weighted by Gasteiger charge is -2.52. The monoisotopic (exact) mass is 368 g/mol. The average Bonchev–Trinajstić information content (AvgIpc) is 3.09. The van der Waals surface area contributed by atoms with E-state index in [0.29, 0.717) is 12.1 Å². The van der Waals surface area contributed by atoms with Gasteiger partial charge >= 0.3 is 0 Å². The van der Waals surface area contributed by atoms with Gasteiger partial charge in [-0.05, 0) is 48.7 Å². The van der Waals surface area contributed by atoms with E-state index < -0.39 is 0 Å². The van der Waals surface area contributed by atoms with E-state index in [1.165, 1.54) is 28.3 Å². The van der Waals surface area contributed by atoms with Gasteiger partial charge in [-0.1, -0.05) is 69.3 Å². The van der Waals surface area contributed by atoms with E-state index in [1.807, 2.05) is 0 Å². The van der Waals surface area contributed by atoms with Crippen LogP contribution in [0.5, 0.6) is 0 Å². The zero-order chi connectivity index (χ0) is 19.3. The maximum Gasteiger partial charge on any atom is 0.115 e. The highest BCUT2D eigenvalue weighted by molar-refractivity contribution is 5.90. The first-order chi connectivity index (χ1) is 13.7. The zero-order valence-electron chi connectivity index (χ0n) is 17.0. The molecule has 0 aliphatic carbocycles. The van der Waals surface area contributed by atoms with Crippen LogP contribution in [0.2, 0.25) is 0 Å². The van der Waals surface area contributed by atoms with Crippen molar-refractivity contribution in [2.45, 2.75) is 45.2 Å². The van der Waals surface area contributed by atoms with Crippen LogP contribution in [0.15, 0.2) is 78.9 Å². The molecule has 0 radical (unpaired) electrons. The molecule has 0 fully saturated rings. The molecule has 28 heavy (non-hydrogen) atoms. The van der Waals surface area contributed by atoms with Crippen LogP contribution in [0, 0.1) is 5.92 Å². The van der Waals surface area contributed by atoms with Crippen LogP contribution in [-0.4, -0.2) is 6.17 Å². The highest BCUT2D eigenvalue weighted by atomic mass is 15.4. The zero-order valence-corrected chi connectivity index (χ0v) is 17.0. The lowest BCUT2D eigenvalue weighted by molar-refractivity contribution is 0.221. The van der Waals surface area contributed by atoms with Gasteiger partial charge in [0.05, 0.1) is 11.4 Å². The fourth-order valence-corrected chi connectivity index (χ4v) is 5.59. The first-order valence-electron chi connectivity index (χ1n) is 10.5. The van der Waals surface area contributed by atoms with E-state index in [2.05, 4.69) is 109 Å². The quantitative estimate of drug-likeness (QED) is 0.490. The molecule has 2 aliphatic rings. The van der Waals surface area contributed by atoms with Crippen LogP contribution < -0.4 is 9.80 Å². The Kier molecular flexibility index (Phi) is 3.97.